The summed E-state index contributed by atoms with van der Waals surface area (Å²) in [5, 5.41) is 13.4. The number of rotatable bonds is 2. The number of carbonyl (C=O) groups excluding carboxylic acids is 1. The molecule has 0 bridgehead atoms. The van der Waals surface area contributed by atoms with E-state index in [0.717, 1.165) is 37.7 Å². The molecule has 1 aromatic rings. The molecule has 0 radical (unpaired) electrons. The molecule has 0 saturated carbocycles. The van der Waals surface area contributed by atoms with Crippen LogP contribution < -0.4 is 5.32 Å². The third kappa shape index (κ3) is 2.61. The second-order valence-electron chi connectivity index (χ2n) is 3.98. The van der Waals surface area contributed by atoms with Crippen LogP contribution in [0.4, 0.5) is 0 Å². The maximum absolute atomic E-state index is 10.5. The predicted octanol–water partition coefficient (Wildman–Crippen LogP) is 1.84. The minimum Gasteiger partial charge on any atom is -0.372 e. The van der Waals surface area contributed by atoms with Crippen molar-refractivity contribution < 1.29 is 9.90 Å². The summed E-state index contributed by atoms with van der Waals surface area (Å²) in [6.45, 7) is 0.839. The van der Waals surface area contributed by atoms with Gasteiger partial charge in [-0.05, 0) is 31.4 Å². The molecule has 1 heterocycles. The van der Waals surface area contributed by atoms with Crippen molar-refractivity contribution in [3.63, 3.8) is 0 Å². The van der Waals surface area contributed by atoms with Gasteiger partial charge >= 0.3 is 0 Å². The molecule has 2 rings (SSSR count). The van der Waals surface area contributed by atoms with E-state index in [-0.39, 0.29) is 12.4 Å². The van der Waals surface area contributed by atoms with E-state index in [0.29, 0.717) is 5.56 Å². The first-order valence-corrected chi connectivity index (χ1v) is 5.28. The Bertz CT molecular complexity index is 345. The van der Waals surface area contributed by atoms with Crippen LogP contribution in [0.5, 0.6) is 0 Å². The Hall–Kier alpha value is -0.900. The summed E-state index contributed by atoms with van der Waals surface area (Å²) >= 11 is 0. The normalized spacial score (nSPS) is 24.6. The molecule has 1 saturated heterocycles. The number of benzene rings is 1. The van der Waals surface area contributed by atoms with Gasteiger partial charge in [0.25, 0.3) is 0 Å². The van der Waals surface area contributed by atoms with Crippen LogP contribution in [0.1, 0.15) is 35.2 Å². The van der Waals surface area contributed by atoms with Crippen LogP contribution >= 0.6 is 12.4 Å². The van der Waals surface area contributed by atoms with Crippen molar-refractivity contribution in [2.24, 2.45) is 0 Å². The minimum atomic E-state index is -0.903. The van der Waals surface area contributed by atoms with Gasteiger partial charge in [-0.25, -0.2) is 0 Å². The molecule has 0 amide bonds. The van der Waals surface area contributed by atoms with E-state index in [2.05, 4.69) is 5.32 Å². The number of aliphatic hydroxyl groups is 1. The van der Waals surface area contributed by atoms with Gasteiger partial charge < -0.3 is 5.11 Å². The molecule has 2 N–H and O–H groups in total. The third-order valence-electron chi connectivity index (χ3n) is 2.91. The fourth-order valence-corrected chi connectivity index (χ4v) is 1.97. The molecule has 0 aliphatic carbocycles. The molecule has 3 nitrogen and oxygen atoms in total. The van der Waals surface area contributed by atoms with Crippen LogP contribution in [0.25, 0.3) is 0 Å². The standard InChI is InChI=1S/C12H15NO2.ClH/c14-9-10-3-5-11(6-4-10)12(15)7-1-2-8-13-12;/h3-6,9,13,15H,1-2,7-8H2;1H/t12-;/m0./s1. The van der Waals surface area contributed by atoms with Gasteiger partial charge in [0.15, 0.2) is 0 Å². The smallest absolute Gasteiger partial charge is 0.150 e. The van der Waals surface area contributed by atoms with E-state index in [1.165, 1.54) is 0 Å². The van der Waals surface area contributed by atoms with Gasteiger partial charge in [0, 0.05) is 5.56 Å². The molecular weight excluding hydrogens is 226 g/mol. The number of carbonyl (C=O) groups is 1. The van der Waals surface area contributed by atoms with E-state index in [9.17, 15) is 9.90 Å². The van der Waals surface area contributed by atoms with Crippen molar-refractivity contribution in [1.82, 2.24) is 5.32 Å². The topological polar surface area (TPSA) is 49.3 Å². The van der Waals surface area contributed by atoms with Crippen LogP contribution in [0.15, 0.2) is 24.3 Å². The molecule has 1 aliphatic heterocycles. The van der Waals surface area contributed by atoms with Crippen LogP contribution in [-0.2, 0) is 5.72 Å². The first-order valence-electron chi connectivity index (χ1n) is 5.28. The van der Waals surface area contributed by atoms with E-state index in [1.54, 1.807) is 12.1 Å². The predicted molar refractivity (Wildman–Crippen MR) is 64.8 cm³/mol. The zero-order valence-electron chi connectivity index (χ0n) is 8.98. The zero-order chi connectivity index (χ0) is 10.7. The summed E-state index contributed by atoms with van der Waals surface area (Å²) in [7, 11) is 0. The lowest BCUT2D eigenvalue weighted by Gasteiger charge is -2.33. The van der Waals surface area contributed by atoms with Crippen molar-refractivity contribution in [3.8, 4) is 0 Å². The van der Waals surface area contributed by atoms with E-state index in [4.69, 9.17) is 0 Å². The van der Waals surface area contributed by atoms with E-state index in [1.807, 2.05) is 12.1 Å². The van der Waals surface area contributed by atoms with Gasteiger partial charge in [-0.1, -0.05) is 24.3 Å². The fourth-order valence-electron chi connectivity index (χ4n) is 1.97. The lowest BCUT2D eigenvalue weighted by atomic mass is 9.93. The monoisotopic (exact) mass is 241 g/mol. The fraction of sp³-hybridized carbons (Fsp3) is 0.417. The van der Waals surface area contributed by atoms with Crippen molar-refractivity contribution in [3.05, 3.63) is 35.4 Å². The summed E-state index contributed by atoms with van der Waals surface area (Å²) in [6, 6.07) is 7.08. The summed E-state index contributed by atoms with van der Waals surface area (Å²) in [6.07, 6.45) is 3.67. The molecule has 4 heteroatoms. The highest BCUT2D eigenvalue weighted by Crippen LogP contribution is 2.27. The molecule has 0 spiro atoms. The Balaban J connectivity index is 0.00000128. The Kier molecular flexibility index (Phi) is 4.47. The van der Waals surface area contributed by atoms with Crippen molar-refractivity contribution in [2.45, 2.75) is 25.0 Å². The summed E-state index contributed by atoms with van der Waals surface area (Å²) in [4.78, 5) is 10.5. The van der Waals surface area contributed by atoms with Crippen molar-refractivity contribution in [2.75, 3.05) is 6.54 Å². The molecule has 0 unspecified atom stereocenters. The second-order valence-corrected chi connectivity index (χ2v) is 3.98. The number of nitrogens with one attached hydrogen (secondary N) is 1. The molecular formula is C12H16ClNO2. The van der Waals surface area contributed by atoms with Gasteiger partial charge in [-0.15, -0.1) is 12.4 Å². The van der Waals surface area contributed by atoms with Gasteiger partial charge in [0.05, 0.1) is 0 Å². The molecule has 1 aliphatic rings. The van der Waals surface area contributed by atoms with Crippen LogP contribution in [-0.4, -0.2) is 17.9 Å². The maximum atomic E-state index is 10.5. The number of hydrogen-bond acceptors (Lipinski definition) is 3. The average molecular weight is 242 g/mol. The largest absolute Gasteiger partial charge is 0.372 e. The Morgan fingerprint density at radius 1 is 1.25 bits per heavy atom. The van der Waals surface area contributed by atoms with Crippen molar-refractivity contribution in [1.29, 1.82) is 0 Å². The number of aldehydes is 1. The van der Waals surface area contributed by atoms with Crippen LogP contribution in [0.3, 0.4) is 0 Å². The summed E-state index contributed by atoms with van der Waals surface area (Å²) in [5.41, 5.74) is 0.575. The summed E-state index contributed by atoms with van der Waals surface area (Å²) < 4.78 is 0. The Labute approximate surface area is 101 Å². The van der Waals surface area contributed by atoms with E-state index < -0.39 is 5.72 Å². The first kappa shape index (κ1) is 13.2. The Morgan fingerprint density at radius 3 is 2.44 bits per heavy atom. The lowest BCUT2D eigenvalue weighted by molar-refractivity contribution is -0.0240. The van der Waals surface area contributed by atoms with Crippen LogP contribution in [0, 0.1) is 0 Å². The number of piperidine rings is 1. The molecule has 1 fully saturated rings. The summed E-state index contributed by atoms with van der Waals surface area (Å²) in [5.74, 6) is 0. The molecule has 1 aromatic carbocycles. The Morgan fingerprint density at radius 2 is 1.94 bits per heavy atom. The average Bonchev–Trinajstić information content (AvgIpc) is 2.30. The van der Waals surface area contributed by atoms with Gasteiger partial charge in [0.2, 0.25) is 0 Å². The second kappa shape index (κ2) is 5.43. The van der Waals surface area contributed by atoms with Gasteiger partial charge in [-0.3, -0.25) is 10.1 Å². The van der Waals surface area contributed by atoms with Gasteiger partial charge in [0.1, 0.15) is 12.0 Å². The van der Waals surface area contributed by atoms with Crippen molar-refractivity contribution >= 4 is 18.7 Å². The van der Waals surface area contributed by atoms with E-state index >= 15 is 0 Å². The molecule has 0 aromatic heterocycles. The van der Waals surface area contributed by atoms with Gasteiger partial charge in [-0.2, -0.15) is 0 Å². The molecule has 88 valence electrons. The zero-order valence-corrected chi connectivity index (χ0v) is 9.80. The highest BCUT2D eigenvalue weighted by Gasteiger charge is 2.30. The highest BCUT2D eigenvalue weighted by molar-refractivity contribution is 5.85. The maximum Gasteiger partial charge on any atom is 0.150 e. The van der Waals surface area contributed by atoms with Crippen LogP contribution in [0.2, 0.25) is 0 Å². The molecule has 1 atom stereocenters. The quantitative estimate of drug-likeness (QED) is 0.777. The molecule has 16 heavy (non-hydrogen) atoms. The third-order valence-corrected chi connectivity index (χ3v) is 2.91. The first-order chi connectivity index (χ1) is 7.24. The number of hydrogen-bond donors (Lipinski definition) is 2. The number of halogens is 1. The SMILES string of the molecule is Cl.O=Cc1ccc([C@@]2(O)CCCCN2)cc1. The lowest BCUT2D eigenvalue weighted by Crippen LogP contribution is -2.45. The highest BCUT2D eigenvalue weighted by atomic mass is 35.5. The minimum absolute atomic E-state index is 0.